The van der Waals surface area contributed by atoms with Crippen LogP contribution in [0, 0.1) is 5.82 Å². The van der Waals surface area contributed by atoms with Gasteiger partial charge in [-0.05, 0) is 73.7 Å². The number of benzene rings is 2. The Bertz CT molecular complexity index is 960. The van der Waals surface area contributed by atoms with Crippen molar-refractivity contribution in [2.24, 2.45) is 0 Å². The molecule has 1 fully saturated rings. The first-order chi connectivity index (χ1) is 12.7. The molecule has 2 nitrogen and oxygen atoms in total. The molecule has 0 radical (unpaired) electrons. The average molecular weight is 369 g/mol. The minimum absolute atomic E-state index is 0.174. The van der Waals surface area contributed by atoms with E-state index in [2.05, 4.69) is 21.6 Å². The third-order valence-electron chi connectivity index (χ3n) is 6.08. The first-order valence-corrected chi connectivity index (χ1v) is 9.85. The minimum Gasteiger partial charge on any atom is -0.343 e. The van der Waals surface area contributed by atoms with Gasteiger partial charge >= 0.3 is 0 Å². The topological polar surface area (TPSA) is 8.17 Å². The Hall–Kier alpha value is -1.84. The number of aryl methyl sites for hydroxylation is 2. The van der Waals surface area contributed by atoms with Crippen molar-refractivity contribution in [3.8, 4) is 0 Å². The summed E-state index contributed by atoms with van der Waals surface area (Å²) in [5.74, 6) is -0.174. The third-order valence-corrected chi connectivity index (χ3v) is 6.31. The highest BCUT2D eigenvalue weighted by Gasteiger charge is 2.33. The first-order valence-electron chi connectivity index (χ1n) is 9.47. The lowest BCUT2D eigenvalue weighted by molar-refractivity contribution is 0.221. The molecule has 2 aliphatic rings. The Kier molecular flexibility index (Phi) is 4.02. The zero-order valence-electron chi connectivity index (χ0n) is 14.7. The summed E-state index contributed by atoms with van der Waals surface area (Å²) >= 11 is 6.31. The third kappa shape index (κ3) is 2.74. The second-order valence-corrected chi connectivity index (χ2v) is 8.02. The Morgan fingerprint density at radius 1 is 1.12 bits per heavy atom. The molecule has 0 saturated carbocycles. The predicted molar refractivity (Wildman–Crippen MR) is 104 cm³/mol. The highest BCUT2D eigenvalue weighted by Crippen LogP contribution is 2.37. The maximum atomic E-state index is 13.2. The van der Waals surface area contributed by atoms with Gasteiger partial charge in [-0.1, -0.05) is 23.7 Å². The molecule has 0 aliphatic carbocycles. The van der Waals surface area contributed by atoms with Crippen molar-refractivity contribution in [2.75, 3.05) is 6.54 Å². The van der Waals surface area contributed by atoms with Crippen LogP contribution in [0.4, 0.5) is 4.39 Å². The van der Waals surface area contributed by atoms with Crippen molar-refractivity contribution in [2.45, 2.75) is 44.8 Å². The van der Waals surface area contributed by atoms with Crippen LogP contribution in [0.5, 0.6) is 0 Å². The number of aromatic nitrogens is 1. The van der Waals surface area contributed by atoms with E-state index in [9.17, 15) is 4.39 Å². The van der Waals surface area contributed by atoms with E-state index in [4.69, 9.17) is 11.6 Å². The average Bonchev–Trinajstić information content (AvgIpc) is 3.21. The number of rotatable bonds is 3. The number of nitrogens with zero attached hydrogens (tertiary/aromatic N) is 2. The normalized spacial score (nSPS) is 19.7. The number of fused-ring (bicyclic) bond motifs is 4. The van der Waals surface area contributed by atoms with Crippen LogP contribution in [0.25, 0.3) is 10.9 Å². The highest BCUT2D eigenvalue weighted by molar-refractivity contribution is 6.31. The zero-order valence-corrected chi connectivity index (χ0v) is 15.5. The maximum Gasteiger partial charge on any atom is 0.123 e. The van der Waals surface area contributed by atoms with Crippen LogP contribution in [-0.4, -0.2) is 22.1 Å². The fraction of sp³-hybridized carbons (Fsp3) is 0.364. The molecule has 3 heterocycles. The van der Waals surface area contributed by atoms with E-state index in [1.807, 2.05) is 18.2 Å². The standard InChI is InChI=1S/C22H22ClFN2/c23-16-5-8-21-19(12-16)20-13-18-2-1-10-25(18)14-22(20)26(21)11-9-15-3-6-17(24)7-4-15/h3-8,12,18H,1-2,9-11,13-14H2. The second-order valence-electron chi connectivity index (χ2n) is 7.59. The van der Waals surface area contributed by atoms with Crippen LogP contribution in [0.2, 0.25) is 5.02 Å². The van der Waals surface area contributed by atoms with E-state index in [0.29, 0.717) is 6.04 Å². The molecule has 1 saturated heterocycles. The van der Waals surface area contributed by atoms with Gasteiger partial charge in [0, 0.05) is 40.8 Å². The van der Waals surface area contributed by atoms with Crippen LogP contribution >= 0.6 is 11.6 Å². The molecule has 1 atom stereocenters. The van der Waals surface area contributed by atoms with Crippen molar-refractivity contribution >= 4 is 22.5 Å². The molecule has 4 heteroatoms. The molecule has 0 amide bonds. The molecule has 2 aromatic carbocycles. The summed E-state index contributed by atoms with van der Waals surface area (Å²) in [6.45, 7) is 3.16. The van der Waals surface area contributed by atoms with Gasteiger partial charge in [0.25, 0.3) is 0 Å². The predicted octanol–water partition coefficient (Wildman–Crippen LogP) is 5.20. The van der Waals surface area contributed by atoms with Gasteiger partial charge in [0.05, 0.1) is 0 Å². The summed E-state index contributed by atoms with van der Waals surface area (Å²) in [6, 6.07) is 13.9. The molecule has 26 heavy (non-hydrogen) atoms. The van der Waals surface area contributed by atoms with Crippen LogP contribution in [0.3, 0.4) is 0 Å². The van der Waals surface area contributed by atoms with Crippen molar-refractivity contribution in [3.63, 3.8) is 0 Å². The van der Waals surface area contributed by atoms with Crippen LogP contribution in [0.1, 0.15) is 29.7 Å². The van der Waals surface area contributed by atoms with Crippen molar-refractivity contribution in [1.29, 1.82) is 0 Å². The van der Waals surface area contributed by atoms with E-state index in [1.165, 1.54) is 47.1 Å². The number of hydrogen-bond acceptors (Lipinski definition) is 1. The summed E-state index contributed by atoms with van der Waals surface area (Å²) in [5, 5.41) is 2.13. The van der Waals surface area contributed by atoms with Gasteiger partial charge in [-0.15, -0.1) is 0 Å². The fourth-order valence-corrected chi connectivity index (χ4v) is 4.94. The lowest BCUT2D eigenvalue weighted by Gasteiger charge is -2.31. The van der Waals surface area contributed by atoms with Gasteiger partial charge in [0.2, 0.25) is 0 Å². The molecule has 2 aliphatic heterocycles. The molecule has 0 N–H and O–H groups in total. The molecule has 3 aromatic rings. The van der Waals surface area contributed by atoms with Gasteiger partial charge in [-0.25, -0.2) is 4.39 Å². The molecule has 1 aromatic heterocycles. The molecule has 134 valence electrons. The summed E-state index contributed by atoms with van der Waals surface area (Å²) in [5.41, 5.74) is 5.39. The van der Waals surface area contributed by atoms with Gasteiger partial charge in [0.15, 0.2) is 0 Å². The van der Waals surface area contributed by atoms with Gasteiger partial charge in [0.1, 0.15) is 5.82 Å². The molecule has 0 spiro atoms. The van der Waals surface area contributed by atoms with Crippen molar-refractivity contribution in [1.82, 2.24) is 9.47 Å². The van der Waals surface area contributed by atoms with Crippen LogP contribution < -0.4 is 0 Å². The molecular formula is C22H22ClFN2. The Morgan fingerprint density at radius 3 is 2.81 bits per heavy atom. The number of halogens is 2. The largest absolute Gasteiger partial charge is 0.343 e. The second kappa shape index (κ2) is 6.40. The van der Waals surface area contributed by atoms with Crippen LogP contribution in [0.15, 0.2) is 42.5 Å². The Morgan fingerprint density at radius 2 is 1.96 bits per heavy atom. The lowest BCUT2D eigenvalue weighted by Crippen LogP contribution is -2.36. The van der Waals surface area contributed by atoms with E-state index >= 15 is 0 Å². The Labute approximate surface area is 158 Å². The fourth-order valence-electron chi connectivity index (χ4n) is 4.77. The molecular weight excluding hydrogens is 347 g/mol. The van der Waals surface area contributed by atoms with E-state index in [0.717, 1.165) is 31.0 Å². The SMILES string of the molecule is Fc1ccc(CCn2c3c(c4cc(Cl)ccc42)CC2CCCN2C3)cc1. The van der Waals surface area contributed by atoms with Gasteiger partial charge < -0.3 is 4.57 Å². The first kappa shape index (κ1) is 16.3. The van der Waals surface area contributed by atoms with Crippen LogP contribution in [-0.2, 0) is 25.9 Å². The maximum absolute atomic E-state index is 13.2. The number of hydrogen-bond donors (Lipinski definition) is 0. The minimum atomic E-state index is -0.174. The van der Waals surface area contributed by atoms with Gasteiger partial charge in [-0.2, -0.15) is 0 Å². The summed E-state index contributed by atoms with van der Waals surface area (Å²) < 4.78 is 15.6. The monoisotopic (exact) mass is 368 g/mol. The highest BCUT2D eigenvalue weighted by atomic mass is 35.5. The smallest absolute Gasteiger partial charge is 0.123 e. The van der Waals surface area contributed by atoms with E-state index in [1.54, 1.807) is 12.1 Å². The molecule has 0 bridgehead atoms. The lowest BCUT2D eigenvalue weighted by atomic mass is 9.97. The van der Waals surface area contributed by atoms with E-state index in [-0.39, 0.29) is 5.82 Å². The van der Waals surface area contributed by atoms with E-state index < -0.39 is 0 Å². The van der Waals surface area contributed by atoms with Crippen molar-refractivity contribution in [3.05, 3.63) is 70.1 Å². The van der Waals surface area contributed by atoms with Crippen molar-refractivity contribution < 1.29 is 4.39 Å². The molecule has 1 unspecified atom stereocenters. The summed E-state index contributed by atoms with van der Waals surface area (Å²) in [4.78, 5) is 2.64. The summed E-state index contributed by atoms with van der Waals surface area (Å²) in [7, 11) is 0. The summed E-state index contributed by atoms with van der Waals surface area (Å²) in [6.07, 6.45) is 4.66. The zero-order chi connectivity index (χ0) is 17.7. The van der Waals surface area contributed by atoms with Gasteiger partial charge in [-0.3, -0.25) is 4.90 Å². The quantitative estimate of drug-likeness (QED) is 0.617. The Balaban J connectivity index is 1.54. The molecule has 5 rings (SSSR count).